The number of carbonyl (C=O) groups excluding carboxylic acids is 3. The zero-order valence-electron chi connectivity index (χ0n) is 19.7. The van der Waals surface area contributed by atoms with E-state index in [4.69, 9.17) is 0 Å². The molecule has 2 heterocycles. The average molecular weight is 462 g/mol. The molecule has 32 heavy (non-hydrogen) atoms. The SMILES string of the molecule is CC[C@@H](C)[C@@H](CO)NC(=O)[C@@H](NC(=O)[C@H]1N2C(=O)c3ccccc3[C@@H]2SC1(C)C)C(C)C. The molecule has 0 aromatic heterocycles. The molecular formula is C24H35N3O4S. The lowest BCUT2D eigenvalue weighted by Gasteiger charge is -2.32. The summed E-state index contributed by atoms with van der Waals surface area (Å²) in [5.74, 6) is -0.840. The van der Waals surface area contributed by atoms with Gasteiger partial charge in [0.2, 0.25) is 11.8 Å². The van der Waals surface area contributed by atoms with Crippen LogP contribution in [0.3, 0.4) is 0 Å². The van der Waals surface area contributed by atoms with Gasteiger partial charge in [-0.15, -0.1) is 11.8 Å². The maximum absolute atomic E-state index is 13.5. The first-order chi connectivity index (χ1) is 15.0. The van der Waals surface area contributed by atoms with Crippen molar-refractivity contribution >= 4 is 29.5 Å². The van der Waals surface area contributed by atoms with E-state index < -0.39 is 16.8 Å². The van der Waals surface area contributed by atoms with E-state index in [0.29, 0.717) is 5.56 Å². The van der Waals surface area contributed by atoms with Gasteiger partial charge in [-0.3, -0.25) is 14.4 Å². The van der Waals surface area contributed by atoms with Crippen LogP contribution in [-0.2, 0) is 9.59 Å². The van der Waals surface area contributed by atoms with Gasteiger partial charge in [0.05, 0.1) is 12.6 Å². The van der Waals surface area contributed by atoms with E-state index in [9.17, 15) is 19.5 Å². The number of nitrogens with zero attached hydrogens (tertiary/aromatic N) is 1. The number of fused-ring (bicyclic) bond motifs is 3. The molecule has 3 N–H and O–H groups in total. The summed E-state index contributed by atoms with van der Waals surface area (Å²) >= 11 is 1.60. The lowest BCUT2D eigenvalue weighted by atomic mass is 9.96. The Hall–Kier alpha value is -2.06. The highest BCUT2D eigenvalue weighted by molar-refractivity contribution is 8.01. The molecule has 176 valence electrons. The number of aliphatic hydroxyl groups is 1. The Bertz CT molecular complexity index is 888. The third kappa shape index (κ3) is 4.39. The summed E-state index contributed by atoms with van der Waals surface area (Å²) in [7, 11) is 0. The topological polar surface area (TPSA) is 98.7 Å². The standard InChI is InChI=1S/C24H35N3O4S/c1-7-14(4)17(12-28)25-20(29)18(13(2)3)26-21(30)19-24(5,6)32-23-16-11-9-8-10-15(16)22(31)27(19)23/h8-11,13-14,17-19,23,28H,7,12H2,1-6H3,(H,25,29)(H,26,30)/t14-,17-,18+,19-,23+/m1/s1. The minimum absolute atomic E-state index is 0.110. The minimum Gasteiger partial charge on any atom is -0.394 e. The fourth-order valence-electron chi connectivity index (χ4n) is 4.50. The number of benzene rings is 1. The summed E-state index contributed by atoms with van der Waals surface area (Å²) < 4.78 is -0.514. The minimum atomic E-state index is -0.763. The number of nitrogens with one attached hydrogen (secondary N) is 2. The number of rotatable bonds is 8. The van der Waals surface area contributed by atoms with Crippen molar-refractivity contribution in [1.82, 2.24) is 15.5 Å². The van der Waals surface area contributed by atoms with E-state index in [-0.39, 0.29) is 47.6 Å². The van der Waals surface area contributed by atoms with Crippen molar-refractivity contribution in [3.05, 3.63) is 35.4 Å². The third-order valence-corrected chi connectivity index (χ3v) is 8.18. The molecule has 0 bridgehead atoms. The van der Waals surface area contributed by atoms with Gasteiger partial charge in [-0.05, 0) is 37.3 Å². The Balaban J connectivity index is 1.81. The number of carbonyl (C=O) groups is 3. The quantitative estimate of drug-likeness (QED) is 0.553. The molecule has 3 rings (SSSR count). The van der Waals surface area contributed by atoms with Crippen LogP contribution in [0.5, 0.6) is 0 Å². The van der Waals surface area contributed by atoms with E-state index >= 15 is 0 Å². The van der Waals surface area contributed by atoms with Crippen molar-refractivity contribution in [3.8, 4) is 0 Å². The molecule has 2 aliphatic rings. The first kappa shape index (κ1) is 24.6. The molecule has 0 radical (unpaired) electrons. The van der Waals surface area contributed by atoms with Gasteiger partial charge in [0.25, 0.3) is 5.91 Å². The van der Waals surface area contributed by atoms with Crippen LogP contribution in [0.4, 0.5) is 0 Å². The van der Waals surface area contributed by atoms with Crippen LogP contribution in [0.1, 0.15) is 69.3 Å². The molecule has 1 saturated heterocycles. The number of aliphatic hydroxyl groups excluding tert-OH is 1. The monoisotopic (exact) mass is 461 g/mol. The van der Waals surface area contributed by atoms with Crippen LogP contribution >= 0.6 is 11.8 Å². The smallest absolute Gasteiger partial charge is 0.256 e. The van der Waals surface area contributed by atoms with Gasteiger partial charge in [-0.1, -0.05) is 52.3 Å². The van der Waals surface area contributed by atoms with Gasteiger partial charge in [0, 0.05) is 10.3 Å². The normalized spacial score (nSPS) is 24.0. The number of hydrogen-bond donors (Lipinski definition) is 3. The molecule has 1 aromatic carbocycles. The Morgan fingerprint density at radius 2 is 1.84 bits per heavy atom. The molecule has 2 aliphatic heterocycles. The van der Waals surface area contributed by atoms with E-state index in [1.54, 1.807) is 22.7 Å². The van der Waals surface area contributed by atoms with Crippen molar-refractivity contribution in [1.29, 1.82) is 0 Å². The Kier molecular flexibility index (Phi) is 7.25. The lowest BCUT2D eigenvalue weighted by Crippen LogP contribution is -2.59. The zero-order valence-corrected chi connectivity index (χ0v) is 20.5. The molecule has 0 spiro atoms. The van der Waals surface area contributed by atoms with Crippen molar-refractivity contribution in [2.75, 3.05) is 6.61 Å². The summed E-state index contributed by atoms with van der Waals surface area (Å²) in [4.78, 5) is 41.4. The predicted molar refractivity (Wildman–Crippen MR) is 126 cm³/mol. The molecule has 8 heteroatoms. The maximum Gasteiger partial charge on any atom is 0.256 e. The summed E-state index contributed by atoms with van der Waals surface area (Å²) in [5, 5.41) is 15.3. The summed E-state index contributed by atoms with van der Waals surface area (Å²) in [6, 6.07) is 5.64. The second kappa shape index (κ2) is 9.43. The molecule has 0 unspecified atom stereocenters. The predicted octanol–water partition coefficient (Wildman–Crippen LogP) is 2.70. The number of amides is 3. The summed E-state index contributed by atoms with van der Waals surface area (Å²) in [5.41, 5.74) is 1.57. The van der Waals surface area contributed by atoms with Gasteiger partial charge in [-0.25, -0.2) is 0 Å². The first-order valence-corrected chi connectivity index (χ1v) is 12.2. The van der Waals surface area contributed by atoms with E-state index in [1.165, 1.54) is 0 Å². The second-order valence-electron chi connectivity index (χ2n) is 9.69. The highest BCUT2D eigenvalue weighted by atomic mass is 32.2. The van der Waals surface area contributed by atoms with Crippen LogP contribution < -0.4 is 10.6 Å². The molecular weight excluding hydrogens is 426 g/mol. The van der Waals surface area contributed by atoms with Crippen LogP contribution in [0.25, 0.3) is 0 Å². The van der Waals surface area contributed by atoms with Crippen molar-refractivity contribution in [2.45, 2.75) is 76.2 Å². The molecule has 1 fully saturated rings. The Labute approximate surface area is 194 Å². The van der Waals surface area contributed by atoms with E-state index in [0.717, 1.165) is 12.0 Å². The van der Waals surface area contributed by atoms with Crippen LogP contribution in [0.15, 0.2) is 24.3 Å². The maximum atomic E-state index is 13.5. The van der Waals surface area contributed by atoms with Crippen molar-refractivity contribution in [3.63, 3.8) is 0 Å². The largest absolute Gasteiger partial charge is 0.394 e. The molecule has 0 saturated carbocycles. The second-order valence-corrected chi connectivity index (χ2v) is 11.4. The van der Waals surface area contributed by atoms with Crippen LogP contribution in [0.2, 0.25) is 0 Å². The van der Waals surface area contributed by atoms with E-state index in [2.05, 4.69) is 10.6 Å². The third-order valence-electron chi connectivity index (χ3n) is 6.65. The van der Waals surface area contributed by atoms with Crippen LogP contribution in [-0.4, -0.2) is 57.2 Å². The van der Waals surface area contributed by atoms with Gasteiger partial charge >= 0.3 is 0 Å². The van der Waals surface area contributed by atoms with Crippen molar-refractivity contribution in [2.24, 2.45) is 11.8 Å². The molecule has 5 atom stereocenters. The summed E-state index contributed by atoms with van der Waals surface area (Å²) in [6.45, 7) is 11.5. The average Bonchev–Trinajstić information content (AvgIpc) is 3.18. The molecule has 1 aromatic rings. The summed E-state index contributed by atoms with van der Waals surface area (Å²) in [6.07, 6.45) is 0.816. The Morgan fingerprint density at radius 1 is 1.19 bits per heavy atom. The molecule has 7 nitrogen and oxygen atoms in total. The van der Waals surface area contributed by atoms with Crippen LogP contribution in [0, 0.1) is 11.8 Å². The lowest BCUT2D eigenvalue weighted by molar-refractivity contribution is -0.133. The van der Waals surface area contributed by atoms with Gasteiger partial charge < -0.3 is 20.6 Å². The number of thioether (sulfide) groups is 1. The van der Waals surface area contributed by atoms with Gasteiger partial charge in [0.15, 0.2) is 0 Å². The fourth-order valence-corrected chi connectivity index (χ4v) is 6.09. The highest BCUT2D eigenvalue weighted by Gasteiger charge is 2.57. The van der Waals surface area contributed by atoms with Crippen molar-refractivity contribution < 1.29 is 19.5 Å². The fraction of sp³-hybridized carbons (Fsp3) is 0.625. The first-order valence-electron chi connectivity index (χ1n) is 11.3. The number of hydrogen-bond acceptors (Lipinski definition) is 5. The van der Waals surface area contributed by atoms with Gasteiger partial charge in [-0.2, -0.15) is 0 Å². The highest BCUT2D eigenvalue weighted by Crippen LogP contribution is 2.56. The van der Waals surface area contributed by atoms with E-state index in [1.807, 2.05) is 59.7 Å². The molecule has 0 aliphatic carbocycles. The Morgan fingerprint density at radius 3 is 2.44 bits per heavy atom. The van der Waals surface area contributed by atoms with Gasteiger partial charge in [0.1, 0.15) is 17.5 Å². The molecule has 3 amide bonds. The zero-order chi connectivity index (χ0) is 23.8.